The highest BCUT2D eigenvalue weighted by Gasteiger charge is 2.38. The first kappa shape index (κ1) is 23.5. The highest BCUT2D eigenvalue weighted by molar-refractivity contribution is 8.00. The lowest BCUT2D eigenvalue weighted by molar-refractivity contribution is 0.240. The fourth-order valence-corrected chi connectivity index (χ4v) is 7.30. The number of nitrogens with one attached hydrogen (secondary N) is 2. The van der Waals surface area contributed by atoms with E-state index in [4.69, 9.17) is 4.74 Å². The summed E-state index contributed by atoms with van der Waals surface area (Å²) >= 11 is 1.91. The molecule has 0 saturated carbocycles. The number of sulfonamides is 1. The molecule has 3 aliphatic rings. The van der Waals surface area contributed by atoms with Crippen LogP contribution in [-0.4, -0.2) is 26.0 Å². The average Bonchev–Trinajstić information content (AvgIpc) is 3.34. The highest BCUT2D eigenvalue weighted by atomic mass is 32.2. The number of ether oxygens (including phenoxy) is 1. The van der Waals surface area contributed by atoms with Crippen LogP contribution in [0.4, 0.5) is 11.4 Å². The monoisotopic (exact) mass is 518 g/mol. The molecule has 6 rings (SSSR count). The van der Waals surface area contributed by atoms with Gasteiger partial charge in [-0.25, -0.2) is 8.42 Å². The second-order valence-electron chi connectivity index (χ2n) is 9.95. The van der Waals surface area contributed by atoms with Crippen LogP contribution in [0.2, 0.25) is 0 Å². The van der Waals surface area contributed by atoms with Crippen molar-refractivity contribution in [3.8, 4) is 5.75 Å². The lowest BCUT2D eigenvalue weighted by atomic mass is 9.77. The minimum Gasteiger partial charge on any atom is -0.489 e. The quantitative estimate of drug-likeness (QED) is 0.368. The summed E-state index contributed by atoms with van der Waals surface area (Å²) in [6.45, 7) is 3.84. The normalized spacial score (nSPS) is 22.8. The third-order valence-electron chi connectivity index (χ3n) is 7.49. The molecule has 2 aliphatic heterocycles. The number of aryl methyl sites for hydroxylation is 2. The van der Waals surface area contributed by atoms with Gasteiger partial charge in [-0.2, -0.15) is 11.8 Å². The first-order valence-electron chi connectivity index (χ1n) is 12.4. The van der Waals surface area contributed by atoms with Crippen molar-refractivity contribution in [1.29, 1.82) is 0 Å². The van der Waals surface area contributed by atoms with Gasteiger partial charge in [0.25, 0.3) is 10.0 Å². The number of para-hydroxylation sites is 1. The van der Waals surface area contributed by atoms with Crippen LogP contribution in [0.25, 0.3) is 0 Å². The molecule has 36 heavy (non-hydrogen) atoms. The van der Waals surface area contributed by atoms with Crippen molar-refractivity contribution in [2.24, 2.45) is 5.92 Å². The summed E-state index contributed by atoms with van der Waals surface area (Å²) in [5.74, 6) is 3.51. The highest BCUT2D eigenvalue weighted by Crippen LogP contribution is 2.50. The molecule has 3 aromatic rings. The first-order valence-corrected chi connectivity index (χ1v) is 15.0. The second-order valence-corrected chi connectivity index (χ2v) is 12.7. The molecule has 0 amide bonds. The van der Waals surface area contributed by atoms with Crippen molar-refractivity contribution >= 4 is 33.2 Å². The van der Waals surface area contributed by atoms with Crippen LogP contribution in [-0.2, 0) is 10.0 Å². The van der Waals surface area contributed by atoms with Gasteiger partial charge in [0.1, 0.15) is 11.9 Å². The molecule has 2 N–H and O–H groups in total. The molecule has 0 spiro atoms. The van der Waals surface area contributed by atoms with Gasteiger partial charge in [-0.15, -0.1) is 0 Å². The zero-order valence-electron chi connectivity index (χ0n) is 20.4. The number of rotatable bonds is 6. The maximum atomic E-state index is 13.4. The van der Waals surface area contributed by atoms with E-state index in [0.29, 0.717) is 17.7 Å². The average molecular weight is 519 g/mol. The minimum atomic E-state index is -3.72. The number of benzene rings is 3. The van der Waals surface area contributed by atoms with E-state index in [0.717, 1.165) is 46.1 Å². The molecule has 0 bridgehead atoms. The Balaban J connectivity index is 1.30. The third kappa shape index (κ3) is 4.28. The summed E-state index contributed by atoms with van der Waals surface area (Å²) in [6.07, 6.45) is 5.72. The van der Waals surface area contributed by atoms with Crippen LogP contribution in [0.3, 0.4) is 0 Å². The molecule has 3 aromatic carbocycles. The van der Waals surface area contributed by atoms with Crippen molar-refractivity contribution in [1.82, 2.24) is 0 Å². The van der Waals surface area contributed by atoms with Gasteiger partial charge in [0.05, 0.1) is 16.6 Å². The summed E-state index contributed by atoms with van der Waals surface area (Å²) in [5, 5.41) is 3.72. The van der Waals surface area contributed by atoms with Gasteiger partial charge in [-0.1, -0.05) is 42.5 Å². The lowest BCUT2D eigenvalue weighted by Crippen LogP contribution is -2.31. The smallest absolute Gasteiger partial charge is 0.261 e. The predicted molar refractivity (Wildman–Crippen MR) is 148 cm³/mol. The molecule has 1 aliphatic carbocycles. The van der Waals surface area contributed by atoms with E-state index in [9.17, 15) is 8.42 Å². The van der Waals surface area contributed by atoms with Crippen molar-refractivity contribution < 1.29 is 13.2 Å². The maximum Gasteiger partial charge on any atom is 0.261 e. The molecule has 5 nitrogen and oxygen atoms in total. The second kappa shape index (κ2) is 9.20. The van der Waals surface area contributed by atoms with E-state index < -0.39 is 10.0 Å². The van der Waals surface area contributed by atoms with Crippen molar-refractivity contribution in [3.63, 3.8) is 0 Å². The van der Waals surface area contributed by atoms with Crippen LogP contribution in [0.1, 0.15) is 40.6 Å². The Hall–Kier alpha value is -2.90. The SMILES string of the molecule is Cc1cccc(C)c1NS(=O)(=O)c1ccc2c(c1)[C@@H]1C=CC[C@@H]1[C@H](c1cccc(OC3CSC3)c1)N2. The Morgan fingerprint density at radius 2 is 1.78 bits per heavy atom. The number of hydrogen-bond donors (Lipinski definition) is 2. The Labute approximate surface area is 217 Å². The van der Waals surface area contributed by atoms with E-state index in [2.05, 4.69) is 40.4 Å². The molecule has 0 unspecified atom stereocenters. The molecular formula is C29H30N2O3S2. The number of anilines is 2. The molecule has 0 radical (unpaired) electrons. The van der Waals surface area contributed by atoms with Gasteiger partial charge in [-0.3, -0.25) is 4.72 Å². The van der Waals surface area contributed by atoms with E-state index in [-0.39, 0.29) is 16.9 Å². The summed E-state index contributed by atoms with van der Waals surface area (Å²) in [4.78, 5) is 0.289. The van der Waals surface area contributed by atoms with Crippen molar-refractivity contribution in [2.75, 3.05) is 21.5 Å². The molecule has 2 heterocycles. The lowest BCUT2D eigenvalue weighted by Gasteiger charge is -2.38. The Morgan fingerprint density at radius 1 is 1.00 bits per heavy atom. The predicted octanol–water partition coefficient (Wildman–Crippen LogP) is 6.42. The number of hydrogen-bond acceptors (Lipinski definition) is 5. The van der Waals surface area contributed by atoms with Crippen LogP contribution in [0, 0.1) is 19.8 Å². The molecule has 3 atom stereocenters. The van der Waals surface area contributed by atoms with Crippen LogP contribution < -0.4 is 14.8 Å². The molecule has 1 fully saturated rings. The summed E-state index contributed by atoms with van der Waals surface area (Å²) in [7, 11) is -3.72. The number of allylic oxidation sites excluding steroid dienone is 2. The maximum absolute atomic E-state index is 13.4. The fourth-order valence-electron chi connectivity index (χ4n) is 5.49. The molecular weight excluding hydrogens is 488 g/mol. The van der Waals surface area contributed by atoms with Gasteiger partial charge in [0.2, 0.25) is 0 Å². The summed E-state index contributed by atoms with van der Waals surface area (Å²) in [5.41, 5.74) is 5.69. The molecule has 7 heteroatoms. The van der Waals surface area contributed by atoms with Gasteiger partial charge in [-0.05, 0) is 78.8 Å². The Morgan fingerprint density at radius 3 is 2.53 bits per heavy atom. The number of fused-ring (bicyclic) bond motifs is 3. The zero-order chi connectivity index (χ0) is 24.9. The topological polar surface area (TPSA) is 67.4 Å². The van der Waals surface area contributed by atoms with Crippen molar-refractivity contribution in [3.05, 3.63) is 95.1 Å². The standard InChI is InChI=1S/C29H30N2O3S2/c1-18-6-3-7-19(2)28(18)31-36(32,33)23-12-13-27-26(15-23)24-10-5-11-25(24)29(30-27)20-8-4-9-21(14-20)34-22-16-35-17-22/h3-10,12-15,22,24-25,29-31H,11,16-17H2,1-2H3/t24-,25+,29+/m1/s1. The van der Waals surface area contributed by atoms with Gasteiger partial charge in [0.15, 0.2) is 0 Å². The fraction of sp³-hybridized carbons (Fsp3) is 0.310. The van der Waals surface area contributed by atoms with Crippen molar-refractivity contribution in [2.45, 2.75) is 43.2 Å². The zero-order valence-corrected chi connectivity index (χ0v) is 22.0. The van der Waals surface area contributed by atoms with Gasteiger partial charge >= 0.3 is 0 Å². The van der Waals surface area contributed by atoms with Crippen LogP contribution >= 0.6 is 11.8 Å². The van der Waals surface area contributed by atoms with Crippen LogP contribution in [0.15, 0.2) is 77.7 Å². The van der Waals surface area contributed by atoms with Crippen LogP contribution in [0.5, 0.6) is 5.75 Å². The Bertz CT molecular complexity index is 1430. The summed E-state index contributed by atoms with van der Waals surface area (Å²) < 4.78 is 35.7. The molecule has 0 aromatic heterocycles. The van der Waals surface area contributed by atoms with E-state index in [1.54, 1.807) is 6.07 Å². The van der Waals surface area contributed by atoms with E-state index in [1.165, 1.54) is 5.56 Å². The van der Waals surface area contributed by atoms with Gasteiger partial charge in [0, 0.05) is 23.1 Å². The molecule has 1 saturated heterocycles. The first-order chi connectivity index (χ1) is 17.4. The minimum absolute atomic E-state index is 0.131. The van der Waals surface area contributed by atoms with E-state index in [1.807, 2.05) is 62.0 Å². The van der Waals surface area contributed by atoms with Gasteiger partial charge < -0.3 is 10.1 Å². The third-order valence-corrected chi connectivity index (χ3v) is 10.1. The Kier molecular flexibility index (Phi) is 6.00. The van der Waals surface area contributed by atoms with E-state index >= 15 is 0 Å². The number of thioether (sulfide) groups is 1. The molecule has 186 valence electrons. The summed E-state index contributed by atoms with van der Waals surface area (Å²) in [6, 6.07) is 19.8. The largest absolute Gasteiger partial charge is 0.489 e.